The van der Waals surface area contributed by atoms with E-state index >= 15 is 0 Å². The predicted octanol–water partition coefficient (Wildman–Crippen LogP) is 0.960. The third kappa shape index (κ3) is 3.35. The Morgan fingerprint density at radius 1 is 1.53 bits per heavy atom. The van der Waals surface area contributed by atoms with E-state index in [1.54, 1.807) is 6.07 Å². The van der Waals surface area contributed by atoms with Crippen LogP contribution >= 0.6 is 0 Å². The lowest BCUT2D eigenvalue weighted by molar-refractivity contribution is -0.129. The molecule has 2 heterocycles. The second-order valence-corrected chi connectivity index (χ2v) is 4.54. The van der Waals surface area contributed by atoms with E-state index in [2.05, 4.69) is 10.3 Å². The third-order valence-electron chi connectivity index (χ3n) is 3.12. The van der Waals surface area contributed by atoms with Gasteiger partial charge in [0.2, 0.25) is 5.91 Å². The van der Waals surface area contributed by atoms with Crippen LogP contribution in [0.2, 0.25) is 0 Å². The van der Waals surface area contributed by atoms with Crippen molar-refractivity contribution in [2.24, 2.45) is 0 Å². The van der Waals surface area contributed by atoms with Crippen molar-refractivity contribution in [1.29, 1.82) is 5.26 Å². The number of carbonyl (C=O) groups is 1. The quantitative estimate of drug-likeness (QED) is 0.839. The number of amides is 1. The predicted molar refractivity (Wildman–Crippen MR) is 72.3 cm³/mol. The SMILES string of the molecule is N#Cc1cc(N)cnc1NCCC(=O)N1CCCC1. The van der Waals surface area contributed by atoms with Crippen LogP contribution in [0.1, 0.15) is 24.8 Å². The Balaban J connectivity index is 1.85. The Labute approximate surface area is 112 Å². The highest BCUT2D eigenvalue weighted by molar-refractivity contribution is 5.77. The van der Waals surface area contributed by atoms with Gasteiger partial charge in [-0.3, -0.25) is 4.79 Å². The van der Waals surface area contributed by atoms with E-state index < -0.39 is 0 Å². The summed E-state index contributed by atoms with van der Waals surface area (Å²) in [6.07, 6.45) is 4.09. The lowest BCUT2D eigenvalue weighted by Gasteiger charge is -2.15. The van der Waals surface area contributed by atoms with Crippen LogP contribution in [0.5, 0.6) is 0 Å². The molecule has 1 aromatic heterocycles. The van der Waals surface area contributed by atoms with Crippen molar-refractivity contribution in [2.45, 2.75) is 19.3 Å². The fourth-order valence-corrected chi connectivity index (χ4v) is 2.12. The van der Waals surface area contributed by atoms with E-state index in [1.807, 2.05) is 11.0 Å². The number of aromatic nitrogens is 1. The monoisotopic (exact) mass is 259 g/mol. The van der Waals surface area contributed by atoms with E-state index in [-0.39, 0.29) is 5.91 Å². The molecule has 0 aromatic carbocycles. The van der Waals surface area contributed by atoms with Crippen molar-refractivity contribution in [3.8, 4) is 6.07 Å². The zero-order valence-electron chi connectivity index (χ0n) is 10.7. The summed E-state index contributed by atoms with van der Waals surface area (Å²) in [5.74, 6) is 0.630. The average Bonchev–Trinajstić information content (AvgIpc) is 2.94. The number of nitrogens with zero attached hydrogens (tertiary/aromatic N) is 3. The van der Waals surface area contributed by atoms with Crippen LogP contribution in [0.25, 0.3) is 0 Å². The Kier molecular flexibility index (Phi) is 4.18. The number of nitrogens with two attached hydrogens (primary N) is 1. The summed E-state index contributed by atoms with van der Waals surface area (Å²) in [6, 6.07) is 3.60. The molecule has 1 aliphatic heterocycles. The van der Waals surface area contributed by atoms with Crippen molar-refractivity contribution in [2.75, 3.05) is 30.7 Å². The van der Waals surface area contributed by atoms with Crippen molar-refractivity contribution in [3.05, 3.63) is 17.8 Å². The molecule has 0 aliphatic carbocycles. The van der Waals surface area contributed by atoms with Gasteiger partial charge < -0.3 is 16.0 Å². The molecule has 0 atom stereocenters. The minimum absolute atomic E-state index is 0.152. The first-order chi connectivity index (χ1) is 9.20. The van der Waals surface area contributed by atoms with Crippen LogP contribution in [0, 0.1) is 11.3 Å². The summed E-state index contributed by atoms with van der Waals surface area (Å²) in [5, 5.41) is 12.0. The molecule has 0 saturated carbocycles. The zero-order valence-corrected chi connectivity index (χ0v) is 10.7. The Morgan fingerprint density at radius 2 is 2.26 bits per heavy atom. The van der Waals surface area contributed by atoms with Gasteiger partial charge in [0.1, 0.15) is 11.9 Å². The second kappa shape index (κ2) is 6.05. The van der Waals surface area contributed by atoms with Gasteiger partial charge in [0.15, 0.2) is 0 Å². The van der Waals surface area contributed by atoms with Crippen LogP contribution < -0.4 is 11.1 Å². The Hall–Kier alpha value is -2.29. The number of nitrogen functional groups attached to an aromatic ring is 1. The highest BCUT2D eigenvalue weighted by Gasteiger charge is 2.17. The van der Waals surface area contributed by atoms with E-state index in [0.717, 1.165) is 25.9 Å². The summed E-state index contributed by atoms with van der Waals surface area (Å²) in [4.78, 5) is 17.8. The number of pyridine rings is 1. The molecule has 100 valence electrons. The number of nitrogens with one attached hydrogen (secondary N) is 1. The number of hydrogen-bond acceptors (Lipinski definition) is 5. The fourth-order valence-electron chi connectivity index (χ4n) is 2.12. The van der Waals surface area contributed by atoms with Gasteiger partial charge in [-0.2, -0.15) is 5.26 Å². The van der Waals surface area contributed by atoms with Crippen LogP contribution in [0.15, 0.2) is 12.3 Å². The lowest BCUT2D eigenvalue weighted by Crippen LogP contribution is -2.29. The van der Waals surface area contributed by atoms with Crippen LogP contribution in [-0.2, 0) is 4.79 Å². The molecule has 1 amide bonds. The summed E-state index contributed by atoms with van der Waals surface area (Å²) >= 11 is 0. The molecular formula is C13H17N5O. The molecule has 3 N–H and O–H groups in total. The van der Waals surface area contributed by atoms with Crippen molar-refractivity contribution in [3.63, 3.8) is 0 Å². The normalized spacial score (nSPS) is 14.2. The lowest BCUT2D eigenvalue weighted by atomic mass is 10.2. The number of nitriles is 1. The highest BCUT2D eigenvalue weighted by atomic mass is 16.2. The summed E-state index contributed by atoms with van der Waals surface area (Å²) in [5.41, 5.74) is 6.41. The molecule has 6 nitrogen and oxygen atoms in total. The van der Waals surface area contributed by atoms with Crippen molar-refractivity contribution in [1.82, 2.24) is 9.88 Å². The van der Waals surface area contributed by atoms with E-state index in [0.29, 0.717) is 30.0 Å². The molecule has 1 saturated heterocycles. The molecule has 19 heavy (non-hydrogen) atoms. The fraction of sp³-hybridized carbons (Fsp3) is 0.462. The molecule has 0 radical (unpaired) electrons. The molecule has 1 aliphatic rings. The van der Waals surface area contributed by atoms with Gasteiger partial charge in [0, 0.05) is 26.1 Å². The molecular weight excluding hydrogens is 242 g/mol. The molecule has 1 fully saturated rings. The van der Waals surface area contributed by atoms with Gasteiger partial charge in [-0.15, -0.1) is 0 Å². The number of anilines is 2. The van der Waals surface area contributed by atoms with Gasteiger partial charge >= 0.3 is 0 Å². The number of likely N-dealkylation sites (tertiary alicyclic amines) is 1. The topological polar surface area (TPSA) is 95.0 Å². The Bertz CT molecular complexity index is 502. The molecule has 0 bridgehead atoms. The molecule has 0 unspecified atom stereocenters. The summed E-state index contributed by atoms with van der Waals surface area (Å²) < 4.78 is 0. The van der Waals surface area contributed by atoms with Gasteiger partial charge in [-0.1, -0.05) is 0 Å². The first-order valence-corrected chi connectivity index (χ1v) is 6.38. The standard InChI is InChI=1S/C13H17N5O/c14-8-10-7-11(15)9-17-13(10)16-4-3-12(19)18-5-1-2-6-18/h7,9H,1-6,15H2,(H,16,17). The zero-order chi connectivity index (χ0) is 13.7. The maximum Gasteiger partial charge on any atom is 0.224 e. The van der Waals surface area contributed by atoms with Gasteiger partial charge in [-0.05, 0) is 18.9 Å². The summed E-state index contributed by atoms with van der Waals surface area (Å²) in [6.45, 7) is 2.20. The molecule has 0 spiro atoms. The van der Waals surface area contributed by atoms with E-state index in [9.17, 15) is 4.79 Å². The first kappa shape index (κ1) is 13.1. The van der Waals surface area contributed by atoms with Crippen molar-refractivity contribution >= 4 is 17.4 Å². The number of carbonyl (C=O) groups excluding carboxylic acids is 1. The maximum atomic E-state index is 11.8. The van der Waals surface area contributed by atoms with Crippen LogP contribution in [-0.4, -0.2) is 35.4 Å². The van der Waals surface area contributed by atoms with Crippen LogP contribution in [0.4, 0.5) is 11.5 Å². The first-order valence-electron chi connectivity index (χ1n) is 6.38. The molecule has 6 heteroatoms. The van der Waals surface area contributed by atoms with Crippen molar-refractivity contribution < 1.29 is 4.79 Å². The Morgan fingerprint density at radius 3 is 2.95 bits per heavy atom. The van der Waals surface area contributed by atoms with Gasteiger partial charge in [0.25, 0.3) is 0 Å². The smallest absolute Gasteiger partial charge is 0.224 e. The van der Waals surface area contributed by atoms with E-state index in [4.69, 9.17) is 11.0 Å². The van der Waals surface area contributed by atoms with Crippen LogP contribution in [0.3, 0.4) is 0 Å². The average molecular weight is 259 g/mol. The van der Waals surface area contributed by atoms with E-state index in [1.165, 1.54) is 6.20 Å². The van der Waals surface area contributed by atoms with Gasteiger partial charge in [-0.25, -0.2) is 4.98 Å². The minimum Gasteiger partial charge on any atom is -0.397 e. The largest absolute Gasteiger partial charge is 0.397 e. The third-order valence-corrected chi connectivity index (χ3v) is 3.12. The summed E-state index contributed by atoms with van der Waals surface area (Å²) in [7, 11) is 0. The highest BCUT2D eigenvalue weighted by Crippen LogP contribution is 2.14. The second-order valence-electron chi connectivity index (χ2n) is 4.54. The maximum absolute atomic E-state index is 11.8. The number of hydrogen-bond donors (Lipinski definition) is 2. The molecule has 2 rings (SSSR count). The number of rotatable bonds is 4. The van der Waals surface area contributed by atoms with Gasteiger partial charge in [0.05, 0.1) is 17.4 Å². The molecule has 1 aromatic rings. The minimum atomic E-state index is 0.152.